The number of nitrogens with zero attached hydrogens (tertiary/aromatic N) is 1. The predicted octanol–water partition coefficient (Wildman–Crippen LogP) is 4.81. The second kappa shape index (κ2) is 8.80. The fourth-order valence-electron chi connectivity index (χ4n) is 3.43. The number of carbonyl (C=O) groups excluding carboxylic acids is 1. The van der Waals surface area contributed by atoms with Crippen molar-refractivity contribution < 1.29 is 9.53 Å². The van der Waals surface area contributed by atoms with Gasteiger partial charge in [0.2, 0.25) is 0 Å². The molecule has 2 N–H and O–H groups in total. The van der Waals surface area contributed by atoms with Gasteiger partial charge in [-0.05, 0) is 55.5 Å². The summed E-state index contributed by atoms with van der Waals surface area (Å²) >= 11 is 0. The lowest BCUT2D eigenvalue weighted by Crippen LogP contribution is -2.33. The number of amides is 2. The molecule has 0 aromatic heterocycles. The Hall–Kier alpha value is -2.69. The molecule has 0 unspecified atom stereocenters. The zero-order chi connectivity index (χ0) is 19.2. The Kier molecular flexibility index (Phi) is 6.22. The van der Waals surface area contributed by atoms with Crippen LogP contribution in [-0.2, 0) is 0 Å². The Morgan fingerprint density at radius 2 is 1.78 bits per heavy atom. The lowest BCUT2D eigenvalue weighted by molar-refractivity contribution is 0.249. The van der Waals surface area contributed by atoms with Crippen LogP contribution in [0.15, 0.2) is 48.5 Å². The summed E-state index contributed by atoms with van der Waals surface area (Å²) in [6.45, 7) is 6.55. The van der Waals surface area contributed by atoms with Gasteiger partial charge < -0.3 is 20.3 Å². The number of carbonyl (C=O) groups is 1. The summed E-state index contributed by atoms with van der Waals surface area (Å²) in [5, 5.41) is 5.83. The smallest absolute Gasteiger partial charge is 0.319 e. The highest BCUT2D eigenvalue weighted by atomic mass is 16.5. The number of para-hydroxylation sites is 2. The van der Waals surface area contributed by atoms with E-state index in [-0.39, 0.29) is 12.1 Å². The Bertz CT molecular complexity index is 752. The van der Waals surface area contributed by atoms with Crippen LogP contribution in [0.2, 0.25) is 0 Å². The van der Waals surface area contributed by atoms with Gasteiger partial charge in [0.15, 0.2) is 0 Å². The molecular formula is C22H29N3O2. The zero-order valence-electron chi connectivity index (χ0n) is 16.4. The standard InChI is InChI=1S/C22H29N3O2/c1-16-12-14-25(15-13-16)19-10-8-18(9-11-19)17(2)23-22(26)24-20-6-4-5-7-21(20)27-3/h4-11,16-17H,12-15H2,1-3H3,(H2,23,24,26)/t17-/m0/s1. The molecule has 0 bridgehead atoms. The summed E-state index contributed by atoms with van der Waals surface area (Å²) in [5.41, 5.74) is 3.00. The molecule has 5 heteroatoms. The minimum atomic E-state index is -0.249. The van der Waals surface area contributed by atoms with Crippen LogP contribution < -0.4 is 20.3 Å². The molecule has 0 radical (unpaired) electrons. The Balaban J connectivity index is 1.57. The van der Waals surface area contributed by atoms with Gasteiger partial charge in [-0.15, -0.1) is 0 Å². The number of nitrogens with one attached hydrogen (secondary N) is 2. The van der Waals surface area contributed by atoms with E-state index in [0.29, 0.717) is 11.4 Å². The van der Waals surface area contributed by atoms with Gasteiger partial charge in [0.1, 0.15) is 5.75 Å². The fourth-order valence-corrected chi connectivity index (χ4v) is 3.43. The van der Waals surface area contributed by atoms with E-state index >= 15 is 0 Å². The van der Waals surface area contributed by atoms with Crippen LogP contribution in [0.3, 0.4) is 0 Å². The zero-order valence-corrected chi connectivity index (χ0v) is 16.4. The molecular weight excluding hydrogens is 338 g/mol. The first-order valence-corrected chi connectivity index (χ1v) is 9.62. The van der Waals surface area contributed by atoms with Crippen LogP contribution in [0.4, 0.5) is 16.2 Å². The molecule has 27 heavy (non-hydrogen) atoms. The molecule has 2 aromatic carbocycles. The van der Waals surface area contributed by atoms with Crippen molar-refractivity contribution in [2.45, 2.75) is 32.7 Å². The third-order valence-corrected chi connectivity index (χ3v) is 5.24. The monoisotopic (exact) mass is 367 g/mol. The highest BCUT2D eigenvalue weighted by Crippen LogP contribution is 2.25. The van der Waals surface area contributed by atoms with Crippen LogP contribution in [0, 0.1) is 5.92 Å². The van der Waals surface area contributed by atoms with Crippen molar-refractivity contribution in [1.82, 2.24) is 5.32 Å². The fraction of sp³-hybridized carbons (Fsp3) is 0.409. The van der Waals surface area contributed by atoms with E-state index in [1.54, 1.807) is 7.11 Å². The summed E-state index contributed by atoms with van der Waals surface area (Å²) in [5.74, 6) is 1.46. The van der Waals surface area contributed by atoms with E-state index in [9.17, 15) is 4.79 Å². The number of rotatable bonds is 5. The number of hydrogen-bond acceptors (Lipinski definition) is 3. The van der Waals surface area contributed by atoms with E-state index in [1.165, 1.54) is 18.5 Å². The van der Waals surface area contributed by atoms with Crippen molar-refractivity contribution in [3.8, 4) is 5.75 Å². The summed E-state index contributed by atoms with van der Waals surface area (Å²) in [6, 6.07) is 15.5. The van der Waals surface area contributed by atoms with E-state index in [4.69, 9.17) is 4.74 Å². The van der Waals surface area contributed by atoms with Gasteiger partial charge in [0.05, 0.1) is 18.8 Å². The third-order valence-electron chi connectivity index (χ3n) is 5.24. The lowest BCUT2D eigenvalue weighted by atomic mass is 9.98. The van der Waals surface area contributed by atoms with Gasteiger partial charge in [-0.2, -0.15) is 0 Å². The summed E-state index contributed by atoms with van der Waals surface area (Å²) in [4.78, 5) is 14.8. The van der Waals surface area contributed by atoms with E-state index in [0.717, 1.165) is 24.6 Å². The molecule has 0 saturated carbocycles. The highest BCUT2D eigenvalue weighted by molar-refractivity contribution is 5.91. The number of piperidine rings is 1. The van der Waals surface area contributed by atoms with E-state index in [2.05, 4.69) is 46.7 Å². The molecule has 1 aliphatic heterocycles. The largest absolute Gasteiger partial charge is 0.495 e. The molecule has 1 saturated heterocycles. The number of ether oxygens (including phenoxy) is 1. The maximum Gasteiger partial charge on any atom is 0.319 e. The molecule has 0 aliphatic carbocycles. The summed E-state index contributed by atoms with van der Waals surface area (Å²) in [7, 11) is 1.59. The Morgan fingerprint density at radius 3 is 2.44 bits per heavy atom. The van der Waals surface area contributed by atoms with Crippen LogP contribution in [0.1, 0.15) is 38.3 Å². The highest BCUT2D eigenvalue weighted by Gasteiger charge is 2.17. The average molecular weight is 367 g/mol. The number of hydrogen-bond donors (Lipinski definition) is 2. The lowest BCUT2D eigenvalue weighted by Gasteiger charge is -2.32. The molecule has 1 fully saturated rings. The molecule has 1 heterocycles. The van der Waals surface area contributed by atoms with Crippen molar-refractivity contribution in [2.24, 2.45) is 5.92 Å². The number of anilines is 2. The number of urea groups is 1. The van der Waals surface area contributed by atoms with E-state index in [1.807, 2.05) is 31.2 Å². The topological polar surface area (TPSA) is 53.6 Å². The second-order valence-corrected chi connectivity index (χ2v) is 7.28. The van der Waals surface area contributed by atoms with Crippen LogP contribution >= 0.6 is 0 Å². The molecule has 2 amide bonds. The molecule has 0 spiro atoms. The van der Waals surface area contributed by atoms with Crippen molar-refractivity contribution >= 4 is 17.4 Å². The second-order valence-electron chi connectivity index (χ2n) is 7.28. The van der Waals surface area contributed by atoms with Crippen molar-refractivity contribution in [3.05, 3.63) is 54.1 Å². The minimum absolute atomic E-state index is 0.0878. The predicted molar refractivity (Wildman–Crippen MR) is 111 cm³/mol. The van der Waals surface area contributed by atoms with Gasteiger partial charge in [-0.3, -0.25) is 0 Å². The van der Waals surface area contributed by atoms with Gasteiger partial charge in [-0.25, -0.2) is 4.79 Å². The molecule has 144 valence electrons. The molecule has 1 atom stereocenters. The van der Waals surface area contributed by atoms with Crippen molar-refractivity contribution in [3.63, 3.8) is 0 Å². The summed E-state index contributed by atoms with van der Waals surface area (Å²) in [6.07, 6.45) is 2.51. The van der Waals surface area contributed by atoms with Crippen molar-refractivity contribution in [2.75, 3.05) is 30.4 Å². The normalized spacial score (nSPS) is 15.9. The minimum Gasteiger partial charge on any atom is -0.495 e. The Labute approximate surface area is 161 Å². The maximum absolute atomic E-state index is 12.3. The van der Waals surface area contributed by atoms with E-state index < -0.39 is 0 Å². The first kappa shape index (κ1) is 19.1. The summed E-state index contributed by atoms with van der Waals surface area (Å²) < 4.78 is 5.27. The third kappa shape index (κ3) is 4.94. The van der Waals surface area contributed by atoms with Crippen LogP contribution in [-0.4, -0.2) is 26.2 Å². The number of benzene rings is 2. The Morgan fingerprint density at radius 1 is 1.11 bits per heavy atom. The maximum atomic E-state index is 12.3. The van der Waals surface area contributed by atoms with Crippen LogP contribution in [0.5, 0.6) is 5.75 Å². The molecule has 3 rings (SSSR count). The van der Waals surface area contributed by atoms with Crippen molar-refractivity contribution in [1.29, 1.82) is 0 Å². The molecule has 2 aromatic rings. The first-order chi connectivity index (χ1) is 13.1. The first-order valence-electron chi connectivity index (χ1n) is 9.62. The quantitative estimate of drug-likeness (QED) is 0.797. The number of methoxy groups -OCH3 is 1. The molecule has 5 nitrogen and oxygen atoms in total. The van der Waals surface area contributed by atoms with Crippen LogP contribution in [0.25, 0.3) is 0 Å². The average Bonchev–Trinajstić information content (AvgIpc) is 2.69. The van der Waals surface area contributed by atoms with Gasteiger partial charge >= 0.3 is 6.03 Å². The van der Waals surface area contributed by atoms with Gasteiger partial charge in [-0.1, -0.05) is 31.2 Å². The SMILES string of the molecule is COc1ccccc1NC(=O)N[C@@H](C)c1ccc(N2CCC(C)CC2)cc1. The van der Waals surface area contributed by atoms with Gasteiger partial charge in [0.25, 0.3) is 0 Å². The van der Waals surface area contributed by atoms with Gasteiger partial charge in [0, 0.05) is 18.8 Å². The molecule has 1 aliphatic rings.